The molecule has 0 fully saturated rings. The Kier molecular flexibility index (Phi) is 2.26. The Morgan fingerprint density at radius 2 is 2.20 bits per heavy atom. The Morgan fingerprint density at radius 1 is 1.40 bits per heavy atom. The van der Waals surface area contributed by atoms with Gasteiger partial charge in [0, 0.05) is 0 Å². The maximum Gasteiger partial charge on any atom is 0.238 e. The SMILES string of the molecule is C[N+](C)=CN1C=CC=CC1. The normalized spacial score (nSPS) is 15.6. The van der Waals surface area contributed by atoms with Gasteiger partial charge in [-0.05, 0) is 12.2 Å². The van der Waals surface area contributed by atoms with Gasteiger partial charge in [-0.1, -0.05) is 6.08 Å². The highest BCUT2D eigenvalue weighted by Gasteiger charge is 2.00. The minimum Gasteiger partial charge on any atom is -0.273 e. The first-order valence-corrected chi connectivity index (χ1v) is 3.39. The van der Waals surface area contributed by atoms with E-state index in [9.17, 15) is 0 Å². The van der Waals surface area contributed by atoms with Crippen LogP contribution in [0.2, 0.25) is 0 Å². The third kappa shape index (κ3) is 2.05. The largest absolute Gasteiger partial charge is 0.273 e. The summed E-state index contributed by atoms with van der Waals surface area (Å²) in [5, 5.41) is 0. The van der Waals surface area contributed by atoms with Crippen LogP contribution in [-0.2, 0) is 0 Å². The smallest absolute Gasteiger partial charge is 0.238 e. The number of hydrogen-bond donors (Lipinski definition) is 0. The summed E-state index contributed by atoms with van der Waals surface area (Å²) in [5.41, 5.74) is 0. The van der Waals surface area contributed by atoms with E-state index in [4.69, 9.17) is 0 Å². The Hall–Kier alpha value is -1.05. The molecule has 1 heterocycles. The van der Waals surface area contributed by atoms with Crippen molar-refractivity contribution in [1.29, 1.82) is 0 Å². The second kappa shape index (κ2) is 3.20. The number of nitrogens with zero attached hydrogens (tertiary/aromatic N) is 2. The molecule has 1 aliphatic rings. The van der Waals surface area contributed by atoms with E-state index in [-0.39, 0.29) is 0 Å². The van der Waals surface area contributed by atoms with Crippen LogP contribution in [0.4, 0.5) is 0 Å². The Labute approximate surface area is 61.8 Å². The predicted molar refractivity (Wildman–Crippen MR) is 43.2 cm³/mol. The van der Waals surface area contributed by atoms with Gasteiger partial charge < -0.3 is 0 Å². The van der Waals surface area contributed by atoms with Gasteiger partial charge in [-0.25, -0.2) is 4.90 Å². The average Bonchev–Trinajstić information content (AvgIpc) is 1.88. The highest BCUT2D eigenvalue weighted by atomic mass is 15.2. The lowest BCUT2D eigenvalue weighted by atomic mass is 10.4. The van der Waals surface area contributed by atoms with Gasteiger partial charge in [-0.2, -0.15) is 0 Å². The molecule has 1 rings (SSSR count). The molecule has 0 aromatic carbocycles. The summed E-state index contributed by atoms with van der Waals surface area (Å²) in [5.74, 6) is 0. The van der Waals surface area contributed by atoms with E-state index >= 15 is 0 Å². The molecule has 2 heteroatoms. The van der Waals surface area contributed by atoms with Crippen molar-refractivity contribution in [3.05, 3.63) is 24.4 Å². The quantitative estimate of drug-likeness (QED) is 0.292. The summed E-state index contributed by atoms with van der Waals surface area (Å²) in [6.45, 7) is 0.981. The summed E-state index contributed by atoms with van der Waals surface area (Å²) in [4.78, 5) is 2.12. The molecule has 10 heavy (non-hydrogen) atoms. The second-order valence-corrected chi connectivity index (χ2v) is 2.55. The molecule has 0 bridgehead atoms. The van der Waals surface area contributed by atoms with Crippen LogP contribution in [0.1, 0.15) is 0 Å². The molecule has 0 aromatic heterocycles. The van der Waals surface area contributed by atoms with Gasteiger partial charge in [0.25, 0.3) is 0 Å². The number of allylic oxidation sites excluding steroid dienone is 2. The molecule has 0 unspecified atom stereocenters. The molecule has 0 atom stereocenters. The van der Waals surface area contributed by atoms with E-state index in [0.717, 1.165) is 6.54 Å². The van der Waals surface area contributed by atoms with Gasteiger partial charge in [-0.3, -0.25) is 4.58 Å². The van der Waals surface area contributed by atoms with Crippen molar-refractivity contribution in [2.45, 2.75) is 0 Å². The molecule has 2 nitrogen and oxygen atoms in total. The van der Waals surface area contributed by atoms with Crippen LogP contribution in [0.15, 0.2) is 24.4 Å². The van der Waals surface area contributed by atoms with Crippen molar-refractivity contribution in [3.63, 3.8) is 0 Å². The van der Waals surface area contributed by atoms with Crippen LogP contribution in [0.25, 0.3) is 0 Å². The second-order valence-electron chi connectivity index (χ2n) is 2.55. The fraction of sp³-hybridized carbons (Fsp3) is 0.375. The molecule has 1 aliphatic heterocycles. The number of rotatable bonds is 1. The first-order valence-electron chi connectivity index (χ1n) is 3.39. The molecule has 54 valence electrons. The molecule has 0 N–H and O–H groups in total. The van der Waals surface area contributed by atoms with E-state index in [0.29, 0.717) is 0 Å². The van der Waals surface area contributed by atoms with Crippen LogP contribution in [0, 0.1) is 0 Å². The molecular formula is C8H13N2+. The Bertz CT molecular complexity index is 185. The summed E-state index contributed by atoms with van der Waals surface area (Å²) in [6.07, 6.45) is 10.3. The summed E-state index contributed by atoms with van der Waals surface area (Å²) >= 11 is 0. The molecular weight excluding hydrogens is 124 g/mol. The van der Waals surface area contributed by atoms with Crippen LogP contribution < -0.4 is 0 Å². The maximum absolute atomic E-state index is 2.12. The zero-order valence-electron chi connectivity index (χ0n) is 6.49. The van der Waals surface area contributed by atoms with E-state index in [2.05, 4.69) is 29.6 Å². The van der Waals surface area contributed by atoms with Crippen LogP contribution >= 0.6 is 0 Å². The topological polar surface area (TPSA) is 6.25 Å². The molecule has 0 saturated heterocycles. The monoisotopic (exact) mass is 137 g/mol. The first kappa shape index (κ1) is 7.06. The van der Waals surface area contributed by atoms with E-state index in [1.165, 1.54) is 0 Å². The molecule has 0 spiro atoms. The lowest BCUT2D eigenvalue weighted by Gasteiger charge is -2.07. The average molecular weight is 137 g/mol. The van der Waals surface area contributed by atoms with Crippen LogP contribution in [0.5, 0.6) is 0 Å². The predicted octanol–water partition coefficient (Wildman–Crippen LogP) is 0.672. The molecule has 0 amide bonds. The maximum atomic E-state index is 2.12. The number of hydrogen-bond acceptors (Lipinski definition) is 0. The Balaban J connectivity index is 2.52. The lowest BCUT2D eigenvalue weighted by Crippen LogP contribution is -2.21. The van der Waals surface area contributed by atoms with Crippen molar-refractivity contribution in [2.75, 3.05) is 20.6 Å². The van der Waals surface area contributed by atoms with Gasteiger partial charge in [0.1, 0.15) is 6.54 Å². The fourth-order valence-corrected chi connectivity index (χ4v) is 0.865. The van der Waals surface area contributed by atoms with E-state index < -0.39 is 0 Å². The molecule has 0 radical (unpaired) electrons. The first-order chi connectivity index (χ1) is 4.79. The standard InChI is InChI=1S/C8H13N2/c1-9(2)8-10-6-4-3-5-7-10/h3-6,8H,7H2,1-2H3/q+1. The van der Waals surface area contributed by atoms with E-state index in [1.807, 2.05) is 24.7 Å². The highest BCUT2D eigenvalue weighted by Crippen LogP contribution is 1.93. The van der Waals surface area contributed by atoms with Gasteiger partial charge >= 0.3 is 0 Å². The minimum absolute atomic E-state index is 0.981. The summed E-state index contributed by atoms with van der Waals surface area (Å²) < 4.78 is 2.03. The van der Waals surface area contributed by atoms with Crippen LogP contribution in [0.3, 0.4) is 0 Å². The van der Waals surface area contributed by atoms with Crippen molar-refractivity contribution < 1.29 is 4.58 Å². The van der Waals surface area contributed by atoms with Crippen LogP contribution in [-0.4, -0.2) is 36.5 Å². The summed E-state index contributed by atoms with van der Waals surface area (Å²) in [7, 11) is 4.04. The minimum atomic E-state index is 0.981. The van der Waals surface area contributed by atoms with E-state index in [1.54, 1.807) is 0 Å². The fourth-order valence-electron chi connectivity index (χ4n) is 0.865. The Morgan fingerprint density at radius 3 is 2.70 bits per heavy atom. The molecule has 0 aromatic rings. The van der Waals surface area contributed by atoms with Crippen molar-refractivity contribution in [2.24, 2.45) is 0 Å². The third-order valence-corrected chi connectivity index (χ3v) is 1.22. The molecule has 0 aliphatic carbocycles. The third-order valence-electron chi connectivity index (χ3n) is 1.22. The highest BCUT2D eigenvalue weighted by molar-refractivity contribution is 5.51. The van der Waals surface area contributed by atoms with Crippen molar-refractivity contribution in [3.8, 4) is 0 Å². The lowest BCUT2D eigenvalue weighted by molar-refractivity contribution is -0.463. The molecule has 0 saturated carbocycles. The van der Waals surface area contributed by atoms with Gasteiger partial charge in [0.05, 0.1) is 20.3 Å². The van der Waals surface area contributed by atoms with Gasteiger partial charge in [-0.15, -0.1) is 0 Å². The van der Waals surface area contributed by atoms with Gasteiger partial charge in [0.15, 0.2) is 0 Å². The van der Waals surface area contributed by atoms with Crippen molar-refractivity contribution >= 4 is 6.34 Å². The van der Waals surface area contributed by atoms with Crippen molar-refractivity contribution in [1.82, 2.24) is 4.90 Å². The summed E-state index contributed by atoms with van der Waals surface area (Å²) in [6, 6.07) is 0. The zero-order valence-corrected chi connectivity index (χ0v) is 6.49. The van der Waals surface area contributed by atoms with Gasteiger partial charge in [0.2, 0.25) is 6.34 Å². The zero-order chi connectivity index (χ0) is 7.40.